The second kappa shape index (κ2) is 8.54. The molecule has 0 amide bonds. The molecule has 1 saturated heterocycles. The van der Waals surface area contributed by atoms with E-state index in [1.54, 1.807) is 6.07 Å². The van der Waals surface area contributed by atoms with Crippen molar-refractivity contribution in [2.45, 2.75) is 0 Å². The summed E-state index contributed by atoms with van der Waals surface area (Å²) >= 11 is 18.2. The third-order valence-corrected chi connectivity index (χ3v) is 6.99. The van der Waals surface area contributed by atoms with E-state index < -0.39 is 0 Å². The fourth-order valence-electron chi connectivity index (χ4n) is 4.08. The first-order valence-corrected chi connectivity index (χ1v) is 11.3. The third kappa shape index (κ3) is 3.91. The molecular weight excluding hydrogens is 447 g/mol. The van der Waals surface area contributed by atoms with Crippen LogP contribution in [0.15, 0.2) is 77.2 Å². The molecule has 1 aromatic heterocycles. The van der Waals surface area contributed by atoms with Gasteiger partial charge in [0.2, 0.25) is 0 Å². The van der Waals surface area contributed by atoms with Gasteiger partial charge >= 0.3 is 0 Å². The molecule has 2 heterocycles. The highest BCUT2D eigenvalue weighted by Gasteiger charge is 2.23. The van der Waals surface area contributed by atoms with Crippen molar-refractivity contribution in [1.82, 2.24) is 4.90 Å². The first-order valence-electron chi connectivity index (χ1n) is 10.2. The smallest absolute Gasteiger partial charge is 0.162 e. The molecule has 4 aromatic rings. The van der Waals surface area contributed by atoms with Gasteiger partial charge in [0.15, 0.2) is 5.76 Å². The number of rotatable bonds is 3. The van der Waals surface area contributed by atoms with Gasteiger partial charge in [0.05, 0.1) is 10.0 Å². The largest absolute Gasteiger partial charge is 0.454 e. The standard InChI is InChI=1S/C25H20Cl2N2OS/c26-20-9-4-8-19(24(20)27)22-11-12-23(30-22)25(31)29-15-13-28(14-16-29)21-10-3-6-17-5-1-2-7-18(17)21/h1-12H,13-16H2. The van der Waals surface area contributed by atoms with Crippen LogP contribution in [0, 0.1) is 0 Å². The minimum atomic E-state index is 0.486. The summed E-state index contributed by atoms with van der Waals surface area (Å²) in [5, 5.41) is 3.54. The number of thiocarbonyl (C=S) groups is 1. The first-order chi connectivity index (χ1) is 15.1. The minimum absolute atomic E-state index is 0.486. The van der Waals surface area contributed by atoms with Crippen LogP contribution in [0.2, 0.25) is 10.0 Å². The fraction of sp³-hybridized carbons (Fsp3) is 0.160. The van der Waals surface area contributed by atoms with Gasteiger partial charge in [-0.2, -0.15) is 0 Å². The van der Waals surface area contributed by atoms with Crippen LogP contribution in [-0.2, 0) is 0 Å². The lowest BCUT2D eigenvalue weighted by molar-refractivity contribution is 0.385. The highest BCUT2D eigenvalue weighted by atomic mass is 35.5. The lowest BCUT2D eigenvalue weighted by atomic mass is 10.1. The lowest BCUT2D eigenvalue weighted by Crippen LogP contribution is -2.48. The quantitative estimate of drug-likeness (QED) is 0.305. The topological polar surface area (TPSA) is 19.6 Å². The molecule has 156 valence electrons. The first kappa shape index (κ1) is 20.4. The number of nitrogens with zero attached hydrogens (tertiary/aromatic N) is 2. The highest BCUT2D eigenvalue weighted by Crippen LogP contribution is 2.35. The molecule has 0 bridgehead atoms. The van der Waals surface area contributed by atoms with Crippen molar-refractivity contribution in [1.29, 1.82) is 0 Å². The Labute approximate surface area is 196 Å². The Morgan fingerprint density at radius 1 is 0.806 bits per heavy atom. The molecule has 0 spiro atoms. The Kier molecular flexibility index (Phi) is 5.61. The van der Waals surface area contributed by atoms with Crippen LogP contribution >= 0.6 is 35.4 Å². The summed E-state index contributed by atoms with van der Waals surface area (Å²) in [6, 6.07) is 24.3. The number of furan rings is 1. The van der Waals surface area contributed by atoms with Crippen molar-refractivity contribution in [2.24, 2.45) is 0 Å². The highest BCUT2D eigenvalue weighted by molar-refractivity contribution is 7.80. The predicted octanol–water partition coefficient (Wildman–Crippen LogP) is 6.90. The van der Waals surface area contributed by atoms with Crippen LogP contribution in [0.1, 0.15) is 5.76 Å². The Hall–Kier alpha value is -2.53. The van der Waals surface area contributed by atoms with Gasteiger partial charge in [0.25, 0.3) is 0 Å². The predicted molar refractivity (Wildman–Crippen MR) is 134 cm³/mol. The summed E-state index contributed by atoms with van der Waals surface area (Å²) < 4.78 is 6.05. The fourth-order valence-corrected chi connectivity index (χ4v) is 4.77. The maximum Gasteiger partial charge on any atom is 0.162 e. The van der Waals surface area contributed by atoms with Crippen LogP contribution < -0.4 is 4.90 Å². The van der Waals surface area contributed by atoms with Crippen molar-refractivity contribution in [3.8, 4) is 11.3 Å². The monoisotopic (exact) mass is 466 g/mol. The number of hydrogen-bond acceptors (Lipinski definition) is 3. The maximum atomic E-state index is 6.34. The minimum Gasteiger partial charge on any atom is -0.454 e. The Morgan fingerprint density at radius 2 is 1.55 bits per heavy atom. The van der Waals surface area contributed by atoms with Crippen molar-refractivity contribution < 1.29 is 4.42 Å². The van der Waals surface area contributed by atoms with Gasteiger partial charge in [0.1, 0.15) is 10.7 Å². The summed E-state index contributed by atoms with van der Waals surface area (Å²) in [4.78, 5) is 5.36. The Balaban J connectivity index is 1.31. The molecule has 5 rings (SSSR count). The van der Waals surface area contributed by atoms with Crippen LogP contribution in [0.25, 0.3) is 22.1 Å². The summed E-state index contributed by atoms with van der Waals surface area (Å²) in [5.74, 6) is 1.35. The van der Waals surface area contributed by atoms with Gasteiger partial charge in [-0.3, -0.25) is 0 Å². The molecule has 3 aromatic carbocycles. The van der Waals surface area contributed by atoms with Gasteiger partial charge < -0.3 is 14.2 Å². The van der Waals surface area contributed by atoms with E-state index in [9.17, 15) is 0 Å². The molecular formula is C25H20Cl2N2OS. The Bertz CT molecular complexity index is 1260. The lowest BCUT2D eigenvalue weighted by Gasteiger charge is -2.37. The molecule has 0 N–H and O–H groups in total. The molecule has 0 aliphatic carbocycles. The maximum absolute atomic E-state index is 6.34. The van der Waals surface area contributed by atoms with E-state index in [2.05, 4.69) is 52.3 Å². The van der Waals surface area contributed by atoms with Crippen molar-refractivity contribution in [3.05, 3.63) is 88.6 Å². The van der Waals surface area contributed by atoms with Gasteiger partial charge in [-0.25, -0.2) is 0 Å². The van der Waals surface area contributed by atoms with E-state index in [1.165, 1.54) is 16.5 Å². The van der Waals surface area contributed by atoms with Crippen LogP contribution in [0.4, 0.5) is 5.69 Å². The summed E-state index contributed by atoms with van der Waals surface area (Å²) in [6.07, 6.45) is 0. The zero-order valence-electron chi connectivity index (χ0n) is 16.7. The van der Waals surface area contributed by atoms with Crippen LogP contribution in [-0.4, -0.2) is 36.1 Å². The van der Waals surface area contributed by atoms with Crippen LogP contribution in [0.5, 0.6) is 0 Å². The van der Waals surface area contributed by atoms with E-state index in [1.807, 2.05) is 24.3 Å². The zero-order valence-corrected chi connectivity index (χ0v) is 19.1. The van der Waals surface area contributed by atoms with Gasteiger partial charge in [-0.15, -0.1) is 0 Å². The molecule has 6 heteroatoms. The van der Waals surface area contributed by atoms with Gasteiger partial charge in [-0.05, 0) is 35.7 Å². The molecule has 0 saturated carbocycles. The molecule has 3 nitrogen and oxygen atoms in total. The number of benzene rings is 3. The molecule has 0 radical (unpaired) electrons. The van der Waals surface area contributed by atoms with Crippen LogP contribution in [0.3, 0.4) is 0 Å². The van der Waals surface area contributed by atoms with E-state index in [0.29, 0.717) is 21.6 Å². The normalized spacial score (nSPS) is 14.3. The second-order valence-corrected chi connectivity index (χ2v) is 8.71. The molecule has 1 aliphatic rings. The summed E-state index contributed by atoms with van der Waals surface area (Å²) in [5.41, 5.74) is 2.04. The third-order valence-electron chi connectivity index (χ3n) is 5.71. The number of hydrogen-bond donors (Lipinski definition) is 0. The van der Waals surface area contributed by atoms with Crippen molar-refractivity contribution >= 4 is 56.9 Å². The second-order valence-electron chi connectivity index (χ2n) is 7.54. The molecule has 31 heavy (non-hydrogen) atoms. The molecule has 1 aliphatic heterocycles. The van der Waals surface area contributed by atoms with Crippen molar-refractivity contribution in [3.63, 3.8) is 0 Å². The summed E-state index contributed by atoms with van der Waals surface area (Å²) in [7, 11) is 0. The van der Waals surface area contributed by atoms with Gasteiger partial charge in [-0.1, -0.05) is 77.9 Å². The van der Waals surface area contributed by atoms with Crippen molar-refractivity contribution in [2.75, 3.05) is 31.1 Å². The average Bonchev–Trinajstić information content (AvgIpc) is 3.30. The summed E-state index contributed by atoms with van der Waals surface area (Å²) in [6.45, 7) is 3.50. The number of halogens is 2. The number of anilines is 1. The Morgan fingerprint density at radius 3 is 2.39 bits per heavy atom. The molecule has 1 fully saturated rings. The molecule has 0 unspecified atom stereocenters. The SMILES string of the molecule is S=C(c1ccc(-c2cccc(Cl)c2Cl)o1)N1CCN(c2cccc3ccccc23)CC1. The van der Waals surface area contributed by atoms with E-state index in [4.69, 9.17) is 39.8 Å². The average molecular weight is 467 g/mol. The zero-order chi connectivity index (χ0) is 21.4. The van der Waals surface area contributed by atoms with Gasteiger partial charge in [0, 0.05) is 42.8 Å². The number of fused-ring (bicyclic) bond motifs is 1. The van der Waals surface area contributed by atoms with E-state index >= 15 is 0 Å². The van der Waals surface area contributed by atoms with E-state index in [0.717, 1.165) is 36.7 Å². The van der Waals surface area contributed by atoms with E-state index in [-0.39, 0.29) is 0 Å². The number of piperazine rings is 1. The molecule has 0 atom stereocenters.